The lowest BCUT2D eigenvalue weighted by Crippen LogP contribution is -2.04. The Labute approximate surface area is 117 Å². The highest BCUT2D eigenvalue weighted by Gasteiger charge is 2.05. The monoisotopic (exact) mass is 272 g/mol. The summed E-state index contributed by atoms with van der Waals surface area (Å²) in [5.74, 6) is 1.40. The van der Waals surface area contributed by atoms with Crippen LogP contribution in [0.2, 0.25) is 0 Å². The van der Waals surface area contributed by atoms with Crippen LogP contribution in [0.4, 0.5) is 0 Å². The Morgan fingerprint density at radius 1 is 1.32 bits per heavy atom. The van der Waals surface area contributed by atoms with Gasteiger partial charge in [-0.05, 0) is 30.2 Å². The summed E-state index contributed by atoms with van der Waals surface area (Å²) in [7, 11) is 0. The molecule has 0 spiro atoms. The minimum absolute atomic E-state index is 0.424. The average Bonchev–Trinajstić information content (AvgIpc) is 2.86. The zero-order valence-electron chi connectivity index (χ0n) is 11.1. The molecule has 0 fully saturated rings. The summed E-state index contributed by atoms with van der Waals surface area (Å²) in [6.07, 6.45) is 2.19. The van der Waals surface area contributed by atoms with E-state index < -0.39 is 0 Å². The fourth-order valence-corrected chi connectivity index (χ4v) is 2.41. The van der Waals surface area contributed by atoms with Crippen LogP contribution in [0.15, 0.2) is 30.5 Å². The van der Waals surface area contributed by atoms with Crippen molar-refractivity contribution >= 4 is 11.3 Å². The minimum Gasteiger partial charge on any atom is -0.493 e. The summed E-state index contributed by atoms with van der Waals surface area (Å²) in [5.41, 5.74) is 1.06. The van der Waals surface area contributed by atoms with Crippen molar-refractivity contribution in [3.05, 3.63) is 35.3 Å². The predicted molar refractivity (Wildman–Crippen MR) is 77.2 cm³/mol. The Hall–Kier alpha value is -1.86. The van der Waals surface area contributed by atoms with Gasteiger partial charge in [0.15, 0.2) is 0 Å². The molecule has 2 rings (SSSR count). The van der Waals surface area contributed by atoms with E-state index in [0.717, 1.165) is 27.8 Å². The molecule has 0 radical (unpaired) electrons. The number of benzene rings is 1. The van der Waals surface area contributed by atoms with Crippen molar-refractivity contribution in [1.82, 2.24) is 4.98 Å². The van der Waals surface area contributed by atoms with Gasteiger partial charge in [-0.2, -0.15) is 5.26 Å². The molecule has 0 aliphatic rings. The molecule has 0 aliphatic heterocycles. The standard InChI is InChI=1S/C15H16N2OS/c1-11(2)10-18-13-5-3-12(4-6-13)15-17-9-14(19-15)7-8-16/h3-6,9,11H,7,10H2,1-2H3. The van der Waals surface area contributed by atoms with E-state index in [1.807, 2.05) is 24.3 Å². The number of rotatable bonds is 5. The predicted octanol–water partition coefficient (Wildman–Crippen LogP) is 3.91. The molecule has 3 nitrogen and oxygen atoms in total. The number of ether oxygens (including phenoxy) is 1. The summed E-state index contributed by atoms with van der Waals surface area (Å²) >= 11 is 1.56. The van der Waals surface area contributed by atoms with E-state index >= 15 is 0 Å². The van der Waals surface area contributed by atoms with Gasteiger partial charge in [0, 0.05) is 16.6 Å². The molecule has 2 aromatic rings. The van der Waals surface area contributed by atoms with Crippen LogP contribution in [0.3, 0.4) is 0 Å². The summed E-state index contributed by atoms with van der Waals surface area (Å²) in [6, 6.07) is 10.1. The molecule has 0 aliphatic carbocycles. The first-order valence-corrected chi connectivity index (χ1v) is 7.05. The van der Waals surface area contributed by atoms with E-state index in [1.165, 1.54) is 0 Å². The highest BCUT2D eigenvalue weighted by molar-refractivity contribution is 7.15. The molecule has 0 amide bonds. The first-order chi connectivity index (χ1) is 9.19. The maximum atomic E-state index is 8.65. The van der Waals surface area contributed by atoms with Crippen LogP contribution >= 0.6 is 11.3 Å². The molecule has 0 atom stereocenters. The fourth-order valence-electron chi connectivity index (χ4n) is 1.56. The van der Waals surface area contributed by atoms with Crippen molar-refractivity contribution in [3.8, 4) is 22.4 Å². The topological polar surface area (TPSA) is 45.9 Å². The molecule has 98 valence electrons. The van der Waals surface area contributed by atoms with Crippen LogP contribution in [-0.2, 0) is 6.42 Å². The van der Waals surface area contributed by atoms with Gasteiger partial charge in [-0.3, -0.25) is 0 Å². The van der Waals surface area contributed by atoms with Crippen LogP contribution in [-0.4, -0.2) is 11.6 Å². The van der Waals surface area contributed by atoms with E-state index in [2.05, 4.69) is 24.9 Å². The van der Waals surface area contributed by atoms with Crippen LogP contribution in [0.25, 0.3) is 10.6 Å². The van der Waals surface area contributed by atoms with Gasteiger partial charge in [0.25, 0.3) is 0 Å². The minimum atomic E-state index is 0.424. The molecule has 0 N–H and O–H groups in total. The number of hydrogen-bond acceptors (Lipinski definition) is 4. The van der Waals surface area contributed by atoms with E-state index in [9.17, 15) is 0 Å². The van der Waals surface area contributed by atoms with E-state index in [-0.39, 0.29) is 0 Å². The number of aromatic nitrogens is 1. The van der Waals surface area contributed by atoms with Crippen molar-refractivity contribution in [1.29, 1.82) is 5.26 Å². The highest BCUT2D eigenvalue weighted by atomic mass is 32.1. The molecule has 0 bridgehead atoms. The SMILES string of the molecule is CC(C)COc1ccc(-c2ncc(CC#N)s2)cc1. The van der Waals surface area contributed by atoms with Gasteiger partial charge in [0.2, 0.25) is 0 Å². The second-order valence-electron chi connectivity index (χ2n) is 4.70. The average molecular weight is 272 g/mol. The summed E-state index contributed by atoms with van der Waals surface area (Å²) in [6.45, 7) is 4.98. The molecule has 0 saturated heterocycles. The van der Waals surface area contributed by atoms with Gasteiger partial charge in [-0.25, -0.2) is 4.98 Å². The lowest BCUT2D eigenvalue weighted by atomic mass is 10.2. The van der Waals surface area contributed by atoms with Crippen molar-refractivity contribution in [3.63, 3.8) is 0 Å². The van der Waals surface area contributed by atoms with Crippen LogP contribution < -0.4 is 4.74 Å². The number of thiazole rings is 1. The lowest BCUT2D eigenvalue weighted by Gasteiger charge is -2.08. The van der Waals surface area contributed by atoms with Crippen LogP contribution in [0.5, 0.6) is 5.75 Å². The van der Waals surface area contributed by atoms with Gasteiger partial charge in [0.1, 0.15) is 10.8 Å². The van der Waals surface area contributed by atoms with Gasteiger partial charge in [-0.1, -0.05) is 13.8 Å². The third kappa shape index (κ3) is 3.80. The molecule has 0 saturated carbocycles. The molecule has 1 aromatic carbocycles. The largest absolute Gasteiger partial charge is 0.493 e. The first-order valence-electron chi connectivity index (χ1n) is 6.24. The quantitative estimate of drug-likeness (QED) is 0.829. The molecule has 19 heavy (non-hydrogen) atoms. The Kier molecular flexibility index (Phi) is 4.53. The smallest absolute Gasteiger partial charge is 0.123 e. The van der Waals surface area contributed by atoms with Gasteiger partial charge >= 0.3 is 0 Å². The van der Waals surface area contributed by atoms with E-state index in [4.69, 9.17) is 10.00 Å². The molecule has 4 heteroatoms. The highest BCUT2D eigenvalue weighted by Crippen LogP contribution is 2.27. The second kappa shape index (κ2) is 6.35. The van der Waals surface area contributed by atoms with Gasteiger partial charge in [0.05, 0.1) is 19.1 Å². The Balaban J connectivity index is 2.07. The molecule has 1 heterocycles. The van der Waals surface area contributed by atoms with Gasteiger partial charge < -0.3 is 4.74 Å². The Morgan fingerprint density at radius 3 is 2.68 bits per heavy atom. The summed E-state index contributed by atoms with van der Waals surface area (Å²) in [5, 5.41) is 9.60. The zero-order chi connectivity index (χ0) is 13.7. The van der Waals surface area contributed by atoms with Crippen molar-refractivity contribution in [2.75, 3.05) is 6.61 Å². The third-order valence-electron chi connectivity index (χ3n) is 2.49. The Morgan fingerprint density at radius 2 is 2.05 bits per heavy atom. The fraction of sp³-hybridized carbons (Fsp3) is 0.333. The number of hydrogen-bond donors (Lipinski definition) is 0. The Bertz CT molecular complexity index is 567. The van der Waals surface area contributed by atoms with Crippen molar-refractivity contribution in [2.24, 2.45) is 5.92 Å². The van der Waals surface area contributed by atoms with Crippen molar-refractivity contribution < 1.29 is 4.74 Å². The number of nitrogens with zero attached hydrogens (tertiary/aromatic N) is 2. The van der Waals surface area contributed by atoms with E-state index in [0.29, 0.717) is 12.3 Å². The first kappa shape index (κ1) is 13.6. The summed E-state index contributed by atoms with van der Waals surface area (Å²) < 4.78 is 5.64. The molecule has 1 aromatic heterocycles. The number of nitriles is 1. The van der Waals surface area contributed by atoms with E-state index in [1.54, 1.807) is 17.5 Å². The normalized spacial score (nSPS) is 10.4. The molecular formula is C15H16N2OS. The maximum absolute atomic E-state index is 8.65. The third-order valence-corrected chi connectivity index (χ3v) is 3.54. The molecular weight excluding hydrogens is 256 g/mol. The summed E-state index contributed by atoms with van der Waals surface area (Å²) in [4.78, 5) is 5.33. The molecule has 0 unspecified atom stereocenters. The lowest BCUT2D eigenvalue weighted by molar-refractivity contribution is 0.271. The van der Waals surface area contributed by atoms with Crippen molar-refractivity contribution in [2.45, 2.75) is 20.3 Å². The zero-order valence-corrected chi connectivity index (χ0v) is 11.9. The maximum Gasteiger partial charge on any atom is 0.123 e. The van der Waals surface area contributed by atoms with Crippen LogP contribution in [0.1, 0.15) is 18.7 Å². The second-order valence-corrected chi connectivity index (χ2v) is 5.81. The van der Waals surface area contributed by atoms with Crippen LogP contribution in [0, 0.1) is 17.2 Å². The van der Waals surface area contributed by atoms with Gasteiger partial charge in [-0.15, -0.1) is 11.3 Å².